The highest BCUT2D eigenvalue weighted by Gasteiger charge is 2.24. The van der Waals surface area contributed by atoms with Crippen molar-refractivity contribution in [2.75, 3.05) is 0 Å². The minimum atomic E-state index is -2.57. The van der Waals surface area contributed by atoms with Gasteiger partial charge in [-0.25, -0.2) is 8.96 Å². The van der Waals surface area contributed by atoms with Crippen LogP contribution in [0.5, 0.6) is 0 Å². The summed E-state index contributed by atoms with van der Waals surface area (Å²) in [7, 11) is 1.66. The molecule has 0 unspecified atom stereocenters. The minimum absolute atomic E-state index is 0.301. The second kappa shape index (κ2) is 6.45. The number of hydrogen-bond donors (Lipinski definition) is 0. The Balaban J connectivity index is 2.09. The van der Waals surface area contributed by atoms with E-state index in [-0.39, 0.29) is 5.56 Å². The molecule has 0 saturated heterocycles. The molecule has 4 rings (SSSR count). The first-order valence-electron chi connectivity index (χ1n) is 10.9. The van der Waals surface area contributed by atoms with Gasteiger partial charge in [-0.3, -0.25) is 0 Å². The molecule has 0 atom stereocenters. The Kier molecular flexibility index (Phi) is 3.20. The molecule has 4 aromatic rings. The predicted molar refractivity (Wildman–Crippen MR) is 109 cm³/mol. The summed E-state index contributed by atoms with van der Waals surface area (Å²) in [4.78, 5) is 0. The van der Waals surface area contributed by atoms with Crippen LogP contribution in [0, 0.1) is 30.9 Å². The SMILES string of the molecule is [2H]C([2H])([2H])c1c[n+](C)c(-c2c(C)ccc3c2oc2c(C#N)c(C([2H])(C)C)ccc23)cc1F. The van der Waals surface area contributed by atoms with Gasteiger partial charge in [0.2, 0.25) is 5.69 Å². The van der Waals surface area contributed by atoms with Crippen molar-refractivity contribution < 1.29 is 18.9 Å². The molecule has 2 aromatic heterocycles. The molecule has 0 radical (unpaired) electrons. The normalized spacial score (nSPS) is 14.4. The fraction of sp³-hybridized carbons (Fsp3) is 0.250. The van der Waals surface area contributed by atoms with E-state index in [1.165, 1.54) is 12.3 Å². The van der Waals surface area contributed by atoms with Crippen LogP contribution >= 0.6 is 0 Å². The van der Waals surface area contributed by atoms with Gasteiger partial charge in [0.05, 0.1) is 11.1 Å². The van der Waals surface area contributed by atoms with Gasteiger partial charge >= 0.3 is 0 Å². The van der Waals surface area contributed by atoms with E-state index in [2.05, 4.69) is 6.07 Å². The number of rotatable bonds is 2. The van der Waals surface area contributed by atoms with Crippen LogP contribution < -0.4 is 4.57 Å². The number of nitrogens with zero attached hydrogens (tertiary/aromatic N) is 2. The molecule has 0 aliphatic heterocycles. The monoisotopic (exact) mass is 377 g/mol. The lowest BCUT2D eigenvalue weighted by Crippen LogP contribution is -2.31. The Hall–Kier alpha value is -3.19. The Labute approximate surface area is 169 Å². The van der Waals surface area contributed by atoms with E-state index >= 15 is 0 Å². The van der Waals surface area contributed by atoms with Gasteiger partial charge in [-0.05, 0) is 30.8 Å². The van der Waals surface area contributed by atoms with Crippen LogP contribution in [0.1, 0.15) is 47.5 Å². The maximum absolute atomic E-state index is 14.8. The first kappa shape index (κ1) is 13.9. The molecule has 2 aromatic carbocycles. The van der Waals surface area contributed by atoms with Crippen LogP contribution in [0.4, 0.5) is 4.39 Å². The first-order valence-corrected chi connectivity index (χ1v) is 8.94. The van der Waals surface area contributed by atoms with Gasteiger partial charge in [-0.15, -0.1) is 0 Å². The molecule has 28 heavy (non-hydrogen) atoms. The molecule has 140 valence electrons. The number of aromatic nitrogens is 1. The molecular weight excluding hydrogens is 351 g/mol. The second-order valence-electron chi connectivity index (χ2n) is 7.24. The van der Waals surface area contributed by atoms with Crippen LogP contribution in [-0.4, -0.2) is 0 Å². The molecular formula is C24H22FN2O+. The van der Waals surface area contributed by atoms with Gasteiger partial charge in [-0.2, -0.15) is 5.26 Å². The molecule has 4 heteroatoms. The smallest absolute Gasteiger partial charge is 0.219 e. The van der Waals surface area contributed by atoms with Crippen LogP contribution in [0.2, 0.25) is 0 Å². The van der Waals surface area contributed by atoms with Gasteiger partial charge in [0.25, 0.3) is 0 Å². The Morgan fingerprint density at radius 3 is 2.57 bits per heavy atom. The first-order chi connectivity index (χ1) is 14.8. The zero-order valence-electron chi connectivity index (χ0n) is 20.1. The zero-order valence-corrected chi connectivity index (χ0v) is 16.1. The predicted octanol–water partition coefficient (Wildman–Crippen LogP) is 5.83. The van der Waals surface area contributed by atoms with Crippen LogP contribution in [0.15, 0.2) is 40.9 Å². The third-order valence-corrected chi connectivity index (χ3v) is 5.15. The molecule has 0 aliphatic carbocycles. The van der Waals surface area contributed by atoms with E-state index in [1.807, 2.05) is 25.1 Å². The number of halogens is 1. The summed E-state index contributed by atoms with van der Waals surface area (Å²) in [5.74, 6) is -1.81. The van der Waals surface area contributed by atoms with Crippen molar-refractivity contribution >= 4 is 21.9 Å². The maximum atomic E-state index is 14.8. The molecule has 3 nitrogen and oxygen atoms in total. The summed E-state index contributed by atoms with van der Waals surface area (Å²) in [5.41, 5.74) is 3.26. The summed E-state index contributed by atoms with van der Waals surface area (Å²) < 4.78 is 53.6. The van der Waals surface area contributed by atoms with Crippen LogP contribution in [0.25, 0.3) is 33.2 Å². The lowest BCUT2D eigenvalue weighted by molar-refractivity contribution is -0.661. The number of fused-ring (bicyclic) bond motifs is 3. The number of aryl methyl sites for hydroxylation is 3. The Bertz CT molecular complexity index is 1440. The summed E-state index contributed by atoms with van der Waals surface area (Å²) in [6.45, 7) is 2.72. The maximum Gasteiger partial charge on any atom is 0.219 e. The molecule has 0 bridgehead atoms. The van der Waals surface area contributed by atoms with Crippen molar-refractivity contribution in [3.8, 4) is 17.3 Å². The topological polar surface area (TPSA) is 40.8 Å². The molecule has 2 heterocycles. The second-order valence-corrected chi connectivity index (χ2v) is 7.24. The third-order valence-electron chi connectivity index (χ3n) is 5.15. The number of benzene rings is 2. The summed E-state index contributed by atoms with van der Waals surface area (Å²) in [6.07, 6.45) is 1.28. The Morgan fingerprint density at radius 2 is 1.89 bits per heavy atom. The van der Waals surface area contributed by atoms with E-state index in [1.54, 1.807) is 31.5 Å². The van der Waals surface area contributed by atoms with Crippen molar-refractivity contribution in [1.29, 1.82) is 5.26 Å². The van der Waals surface area contributed by atoms with Crippen molar-refractivity contribution in [3.63, 3.8) is 0 Å². The van der Waals surface area contributed by atoms with E-state index in [4.69, 9.17) is 9.90 Å². The molecule has 0 amide bonds. The van der Waals surface area contributed by atoms with Gasteiger partial charge in [0, 0.05) is 27.9 Å². The number of hydrogen-bond acceptors (Lipinski definition) is 2. The lowest BCUT2D eigenvalue weighted by atomic mass is 9.95. The van der Waals surface area contributed by atoms with E-state index < -0.39 is 18.6 Å². The quantitative estimate of drug-likeness (QED) is 0.413. The summed E-state index contributed by atoms with van der Waals surface area (Å²) in [6, 6.07) is 10.8. The minimum Gasteiger partial charge on any atom is -0.454 e. The zero-order chi connectivity index (χ0) is 23.6. The largest absolute Gasteiger partial charge is 0.454 e. The number of furan rings is 1. The lowest BCUT2D eigenvalue weighted by Gasteiger charge is -2.07. The average Bonchev–Trinajstić information content (AvgIpc) is 3.06. The average molecular weight is 377 g/mol. The number of pyridine rings is 1. The fourth-order valence-electron chi connectivity index (χ4n) is 3.72. The standard InChI is InChI=1S/C24H22FN2O/c1-13(2)16-8-9-17-18-7-6-14(3)22(24(18)28-23(17)19(16)11-26)21-10-20(25)15(4)12-27(21)5/h6-10,12-13H,1-5H3/q+1/i4D3,13D. The highest BCUT2D eigenvalue weighted by atomic mass is 19.1. The van der Waals surface area contributed by atoms with Gasteiger partial charge in [-0.1, -0.05) is 38.1 Å². The van der Waals surface area contributed by atoms with E-state index in [0.717, 1.165) is 16.3 Å². The van der Waals surface area contributed by atoms with Crippen molar-refractivity contribution in [1.82, 2.24) is 0 Å². The van der Waals surface area contributed by atoms with E-state index in [0.29, 0.717) is 33.6 Å². The summed E-state index contributed by atoms with van der Waals surface area (Å²) >= 11 is 0. The van der Waals surface area contributed by atoms with Crippen molar-refractivity contribution in [2.24, 2.45) is 7.05 Å². The number of nitriles is 1. The third kappa shape index (κ3) is 2.58. The highest BCUT2D eigenvalue weighted by Crippen LogP contribution is 2.39. The van der Waals surface area contributed by atoms with Gasteiger partial charge < -0.3 is 4.42 Å². The van der Waals surface area contributed by atoms with Crippen LogP contribution in [0.3, 0.4) is 0 Å². The Morgan fingerprint density at radius 1 is 1.18 bits per heavy atom. The fourth-order valence-corrected chi connectivity index (χ4v) is 3.72. The van der Waals surface area contributed by atoms with Gasteiger partial charge in [0.1, 0.15) is 24.5 Å². The van der Waals surface area contributed by atoms with Gasteiger partial charge in [0.15, 0.2) is 11.8 Å². The molecule has 0 fully saturated rings. The molecule has 0 N–H and O–H groups in total. The van der Waals surface area contributed by atoms with Crippen LogP contribution in [-0.2, 0) is 7.05 Å². The molecule has 0 aliphatic rings. The molecule has 0 spiro atoms. The van der Waals surface area contributed by atoms with Crippen molar-refractivity contribution in [2.45, 2.75) is 33.5 Å². The summed E-state index contributed by atoms with van der Waals surface area (Å²) in [5, 5.41) is 11.3. The highest BCUT2D eigenvalue weighted by molar-refractivity contribution is 6.11. The van der Waals surface area contributed by atoms with E-state index in [9.17, 15) is 9.65 Å². The van der Waals surface area contributed by atoms with Crippen molar-refractivity contribution in [3.05, 3.63) is 64.6 Å². The molecule has 0 saturated carbocycles.